The van der Waals surface area contributed by atoms with Gasteiger partial charge in [-0.15, -0.1) is 0 Å². The number of H-pyrrole nitrogens is 1. The van der Waals surface area contributed by atoms with Crippen LogP contribution in [0.3, 0.4) is 0 Å². The molecular formula is C12H14N4O4. The van der Waals surface area contributed by atoms with E-state index in [9.17, 15) is 9.90 Å². The summed E-state index contributed by atoms with van der Waals surface area (Å²) in [4.78, 5) is 22.1. The minimum Gasteiger partial charge on any atom is -0.394 e. The summed E-state index contributed by atoms with van der Waals surface area (Å²) in [6.45, 7) is -0.235. The van der Waals surface area contributed by atoms with Crippen molar-refractivity contribution in [1.29, 1.82) is 0 Å². The summed E-state index contributed by atoms with van der Waals surface area (Å²) in [6, 6.07) is 0. The number of nitrogens with zero attached hydrogens (tertiary/aromatic N) is 3. The first-order chi connectivity index (χ1) is 9.69. The lowest BCUT2D eigenvalue weighted by Gasteiger charge is -2.12. The molecule has 3 atom stereocenters. The summed E-state index contributed by atoms with van der Waals surface area (Å²) < 4.78 is 7.18. The van der Waals surface area contributed by atoms with Gasteiger partial charge in [0.05, 0.1) is 36.6 Å². The van der Waals surface area contributed by atoms with Crippen molar-refractivity contribution in [2.45, 2.75) is 24.9 Å². The van der Waals surface area contributed by atoms with Crippen molar-refractivity contribution >= 4 is 0 Å². The Labute approximate surface area is 113 Å². The molecular weight excluding hydrogens is 264 g/mol. The van der Waals surface area contributed by atoms with Crippen LogP contribution in [0.5, 0.6) is 0 Å². The zero-order valence-electron chi connectivity index (χ0n) is 10.5. The molecule has 0 saturated carbocycles. The number of aromatic nitrogens is 4. The molecule has 0 aliphatic carbocycles. The SMILES string of the molecule is O=c1[nH]cncc1-c1cn([C@H]2C[C@H](O)[C@@H](CO)O2)cn1. The highest BCUT2D eigenvalue weighted by Gasteiger charge is 2.34. The molecule has 3 N–H and O–H groups in total. The van der Waals surface area contributed by atoms with Crippen molar-refractivity contribution in [3.63, 3.8) is 0 Å². The Morgan fingerprint density at radius 3 is 3.10 bits per heavy atom. The second-order valence-electron chi connectivity index (χ2n) is 4.62. The number of rotatable bonds is 3. The number of ether oxygens (including phenoxy) is 1. The van der Waals surface area contributed by atoms with Crippen LogP contribution in [0.25, 0.3) is 11.3 Å². The maximum absolute atomic E-state index is 11.7. The Bertz CT molecular complexity index is 653. The minimum absolute atomic E-state index is 0.235. The second kappa shape index (κ2) is 5.16. The maximum Gasteiger partial charge on any atom is 0.260 e. The van der Waals surface area contributed by atoms with E-state index in [0.29, 0.717) is 17.7 Å². The first-order valence-corrected chi connectivity index (χ1v) is 6.20. The first-order valence-electron chi connectivity index (χ1n) is 6.20. The molecule has 1 saturated heterocycles. The molecule has 8 heteroatoms. The normalized spacial score (nSPS) is 26.0. The zero-order valence-corrected chi connectivity index (χ0v) is 10.5. The number of aliphatic hydroxyl groups is 2. The molecule has 3 rings (SSSR count). The molecule has 1 fully saturated rings. The van der Waals surface area contributed by atoms with E-state index >= 15 is 0 Å². The average molecular weight is 278 g/mol. The third-order valence-electron chi connectivity index (χ3n) is 3.31. The van der Waals surface area contributed by atoms with Crippen LogP contribution in [-0.2, 0) is 4.74 Å². The van der Waals surface area contributed by atoms with E-state index in [0.717, 1.165) is 0 Å². The zero-order chi connectivity index (χ0) is 14.1. The van der Waals surface area contributed by atoms with E-state index in [-0.39, 0.29) is 12.2 Å². The molecule has 8 nitrogen and oxygen atoms in total. The molecule has 106 valence electrons. The quantitative estimate of drug-likeness (QED) is 0.682. The lowest BCUT2D eigenvalue weighted by atomic mass is 10.2. The number of aromatic amines is 1. The summed E-state index contributed by atoms with van der Waals surface area (Å²) in [5.41, 5.74) is 0.569. The smallest absolute Gasteiger partial charge is 0.260 e. The highest BCUT2D eigenvalue weighted by atomic mass is 16.5. The molecule has 0 aromatic carbocycles. The third kappa shape index (κ3) is 2.24. The van der Waals surface area contributed by atoms with Crippen molar-refractivity contribution in [3.05, 3.63) is 35.4 Å². The highest BCUT2D eigenvalue weighted by molar-refractivity contribution is 5.55. The van der Waals surface area contributed by atoms with E-state index in [4.69, 9.17) is 9.84 Å². The van der Waals surface area contributed by atoms with Gasteiger partial charge in [0.1, 0.15) is 12.3 Å². The topological polar surface area (TPSA) is 113 Å². The Morgan fingerprint density at radius 2 is 2.40 bits per heavy atom. The Hall–Kier alpha value is -2.03. The van der Waals surface area contributed by atoms with E-state index < -0.39 is 18.4 Å². The lowest BCUT2D eigenvalue weighted by Crippen LogP contribution is -2.24. The summed E-state index contributed by atoms with van der Waals surface area (Å²) >= 11 is 0. The van der Waals surface area contributed by atoms with Gasteiger partial charge in [-0.3, -0.25) is 4.79 Å². The van der Waals surface area contributed by atoms with Gasteiger partial charge in [-0.2, -0.15) is 0 Å². The fourth-order valence-corrected chi connectivity index (χ4v) is 2.22. The van der Waals surface area contributed by atoms with Crippen LogP contribution in [-0.4, -0.2) is 48.5 Å². The monoisotopic (exact) mass is 278 g/mol. The van der Waals surface area contributed by atoms with Crippen molar-refractivity contribution in [1.82, 2.24) is 19.5 Å². The summed E-state index contributed by atoms with van der Waals surface area (Å²) in [5.74, 6) is 0. The molecule has 1 aliphatic heterocycles. The number of imidazole rings is 1. The Balaban J connectivity index is 1.85. The fraction of sp³-hybridized carbons (Fsp3) is 0.417. The fourth-order valence-electron chi connectivity index (χ4n) is 2.22. The second-order valence-corrected chi connectivity index (χ2v) is 4.62. The molecule has 0 unspecified atom stereocenters. The van der Waals surface area contributed by atoms with Crippen molar-refractivity contribution < 1.29 is 14.9 Å². The van der Waals surface area contributed by atoms with Crippen LogP contribution in [0.15, 0.2) is 29.8 Å². The molecule has 2 aromatic heterocycles. The van der Waals surface area contributed by atoms with Gasteiger partial charge >= 0.3 is 0 Å². The Kier molecular flexibility index (Phi) is 3.35. The van der Waals surface area contributed by atoms with Gasteiger partial charge in [-0.25, -0.2) is 9.97 Å². The molecule has 0 amide bonds. The molecule has 1 aliphatic rings. The molecule has 0 bridgehead atoms. The van der Waals surface area contributed by atoms with Crippen LogP contribution >= 0.6 is 0 Å². The van der Waals surface area contributed by atoms with E-state index in [1.54, 1.807) is 10.8 Å². The van der Waals surface area contributed by atoms with Crippen molar-refractivity contribution in [2.75, 3.05) is 6.61 Å². The van der Waals surface area contributed by atoms with Gasteiger partial charge in [0, 0.05) is 18.8 Å². The summed E-state index contributed by atoms with van der Waals surface area (Å²) in [7, 11) is 0. The maximum atomic E-state index is 11.7. The summed E-state index contributed by atoms with van der Waals surface area (Å²) in [5, 5.41) is 18.8. The van der Waals surface area contributed by atoms with Crippen molar-refractivity contribution in [2.24, 2.45) is 0 Å². The first kappa shape index (κ1) is 13.0. The predicted molar refractivity (Wildman–Crippen MR) is 67.7 cm³/mol. The van der Waals surface area contributed by atoms with Crippen LogP contribution < -0.4 is 5.56 Å². The van der Waals surface area contributed by atoms with Crippen LogP contribution in [0.4, 0.5) is 0 Å². The van der Waals surface area contributed by atoms with Gasteiger partial charge < -0.3 is 24.5 Å². The number of aliphatic hydroxyl groups excluding tert-OH is 2. The Morgan fingerprint density at radius 1 is 1.55 bits per heavy atom. The van der Waals surface area contributed by atoms with Gasteiger partial charge in [0.15, 0.2) is 0 Å². The number of nitrogens with one attached hydrogen (secondary N) is 1. The van der Waals surface area contributed by atoms with Gasteiger partial charge in [0.2, 0.25) is 0 Å². The van der Waals surface area contributed by atoms with Crippen LogP contribution in [0, 0.1) is 0 Å². The van der Waals surface area contributed by atoms with E-state index in [1.165, 1.54) is 18.9 Å². The molecule has 20 heavy (non-hydrogen) atoms. The third-order valence-corrected chi connectivity index (χ3v) is 3.31. The molecule has 2 aromatic rings. The lowest BCUT2D eigenvalue weighted by molar-refractivity contribution is -0.0443. The predicted octanol–water partition coefficient (Wildman–Crippen LogP) is -0.726. The van der Waals surface area contributed by atoms with E-state index in [2.05, 4.69) is 15.0 Å². The molecule has 0 spiro atoms. The average Bonchev–Trinajstić information content (AvgIpc) is 3.05. The van der Waals surface area contributed by atoms with Crippen LogP contribution in [0.2, 0.25) is 0 Å². The standard InChI is InChI=1S/C12H14N4O4/c17-4-10-9(18)1-11(20-10)16-3-8(15-6-16)7-2-13-5-14-12(7)19/h2-3,5-6,9-11,17-18H,1,4H2,(H,13,14,19)/t9-,10+,11+/m0/s1. The van der Waals surface area contributed by atoms with Gasteiger partial charge in [0.25, 0.3) is 5.56 Å². The van der Waals surface area contributed by atoms with Gasteiger partial charge in [-0.1, -0.05) is 0 Å². The highest BCUT2D eigenvalue weighted by Crippen LogP contribution is 2.29. The number of hydrogen-bond donors (Lipinski definition) is 3. The van der Waals surface area contributed by atoms with Crippen molar-refractivity contribution in [3.8, 4) is 11.3 Å². The van der Waals surface area contributed by atoms with E-state index in [1.807, 2.05) is 0 Å². The summed E-state index contributed by atoms with van der Waals surface area (Å²) in [6.07, 6.45) is 4.59. The molecule has 3 heterocycles. The number of hydrogen-bond acceptors (Lipinski definition) is 6. The minimum atomic E-state index is -0.711. The van der Waals surface area contributed by atoms with Crippen LogP contribution in [0.1, 0.15) is 12.6 Å². The largest absolute Gasteiger partial charge is 0.394 e. The van der Waals surface area contributed by atoms with Gasteiger partial charge in [-0.05, 0) is 0 Å². The molecule has 0 radical (unpaired) electrons.